The SMILES string of the molecule is COc1ccc2[nH]nc(NS(=O)(=O)c3ccc(Cl)cc3)c2c1. The van der Waals surface area contributed by atoms with Gasteiger partial charge in [0.2, 0.25) is 0 Å². The molecule has 1 aromatic heterocycles. The minimum absolute atomic E-state index is 0.107. The summed E-state index contributed by atoms with van der Waals surface area (Å²) in [4.78, 5) is 0.107. The summed E-state index contributed by atoms with van der Waals surface area (Å²) < 4.78 is 32.3. The van der Waals surface area contributed by atoms with Crippen molar-refractivity contribution in [2.24, 2.45) is 0 Å². The van der Waals surface area contributed by atoms with Gasteiger partial charge in [-0.05, 0) is 42.5 Å². The van der Waals surface area contributed by atoms with Crippen LogP contribution in [0.4, 0.5) is 5.82 Å². The highest BCUT2D eigenvalue weighted by molar-refractivity contribution is 7.92. The first kappa shape index (κ1) is 14.7. The van der Waals surface area contributed by atoms with Gasteiger partial charge in [0.1, 0.15) is 5.75 Å². The molecule has 2 N–H and O–H groups in total. The maximum Gasteiger partial charge on any atom is 0.263 e. The molecule has 0 fully saturated rings. The van der Waals surface area contributed by atoms with E-state index in [4.69, 9.17) is 16.3 Å². The van der Waals surface area contributed by atoms with E-state index < -0.39 is 10.0 Å². The standard InChI is InChI=1S/C14H12ClN3O3S/c1-21-10-4-7-13-12(8-10)14(17-16-13)18-22(19,20)11-5-2-9(15)3-6-11/h2-8H,1H3,(H2,16,17,18). The fourth-order valence-corrected chi connectivity index (χ4v) is 3.15. The number of nitrogens with zero attached hydrogens (tertiary/aromatic N) is 1. The summed E-state index contributed by atoms with van der Waals surface area (Å²) in [7, 11) is -2.20. The third kappa shape index (κ3) is 2.72. The van der Waals surface area contributed by atoms with E-state index in [2.05, 4.69) is 14.9 Å². The first-order valence-electron chi connectivity index (χ1n) is 6.30. The third-order valence-corrected chi connectivity index (χ3v) is 4.73. The lowest BCUT2D eigenvalue weighted by atomic mass is 10.2. The van der Waals surface area contributed by atoms with Gasteiger partial charge in [-0.2, -0.15) is 5.10 Å². The molecule has 0 radical (unpaired) electrons. The third-order valence-electron chi connectivity index (χ3n) is 3.12. The van der Waals surface area contributed by atoms with Crippen LogP contribution in [0, 0.1) is 0 Å². The normalized spacial score (nSPS) is 11.5. The molecule has 2 aromatic carbocycles. The second-order valence-electron chi connectivity index (χ2n) is 4.54. The predicted molar refractivity (Wildman–Crippen MR) is 84.9 cm³/mol. The number of methoxy groups -OCH3 is 1. The van der Waals surface area contributed by atoms with Crippen LogP contribution in [0.5, 0.6) is 5.75 Å². The average molecular weight is 338 g/mol. The molecule has 8 heteroatoms. The molecule has 0 amide bonds. The Bertz CT molecular complexity index is 920. The van der Waals surface area contributed by atoms with Gasteiger partial charge in [0.05, 0.1) is 17.5 Å². The summed E-state index contributed by atoms with van der Waals surface area (Å²) in [6.45, 7) is 0. The van der Waals surface area contributed by atoms with Gasteiger partial charge in [-0.15, -0.1) is 0 Å². The number of sulfonamides is 1. The summed E-state index contributed by atoms with van der Waals surface area (Å²) in [6.07, 6.45) is 0. The van der Waals surface area contributed by atoms with E-state index >= 15 is 0 Å². The molecule has 0 atom stereocenters. The quantitative estimate of drug-likeness (QED) is 0.766. The van der Waals surface area contributed by atoms with Crippen LogP contribution in [0.2, 0.25) is 5.02 Å². The number of rotatable bonds is 4. The highest BCUT2D eigenvalue weighted by Crippen LogP contribution is 2.27. The van der Waals surface area contributed by atoms with Gasteiger partial charge in [-0.1, -0.05) is 11.6 Å². The number of halogens is 1. The van der Waals surface area contributed by atoms with Crippen LogP contribution in [0.1, 0.15) is 0 Å². The Morgan fingerprint density at radius 2 is 1.91 bits per heavy atom. The topological polar surface area (TPSA) is 84.1 Å². The lowest BCUT2D eigenvalue weighted by Gasteiger charge is -2.06. The van der Waals surface area contributed by atoms with Crippen molar-refractivity contribution in [1.82, 2.24) is 10.2 Å². The Balaban J connectivity index is 2.00. The van der Waals surface area contributed by atoms with Crippen molar-refractivity contribution in [3.63, 3.8) is 0 Å². The number of fused-ring (bicyclic) bond motifs is 1. The second-order valence-corrected chi connectivity index (χ2v) is 6.66. The summed E-state index contributed by atoms with van der Waals surface area (Å²) in [5.74, 6) is 0.824. The fourth-order valence-electron chi connectivity index (χ4n) is 2.00. The molecule has 1 heterocycles. The van der Waals surface area contributed by atoms with Gasteiger partial charge in [0, 0.05) is 10.4 Å². The van der Waals surface area contributed by atoms with Crippen molar-refractivity contribution >= 4 is 38.3 Å². The Morgan fingerprint density at radius 1 is 1.18 bits per heavy atom. The number of aromatic nitrogens is 2. The van der Waals surface area contributed by atoms with Gasteiger partial charge in [-0.3, -0.25) is 9.82 Å². The fraction of sp³-hybridized carbons (Fsp3) is 0.0714. The van der Waals surface area contributed by atoms with Gasteiger partial charge in [0.15, 0.2) is 5.82 Å². The first-order chi connectivity index (χ1) is 10.5. The maximum absolute atomic E-state index is 12.4. The van der Waals surface area contributed by atoms with Crippen LogP contribution in [-0.4, -0.2) is 25.7 Å². The molecule has 0 aliphatic rings. The Kier molecular flexibility index (Phi) is 3.67. The minimum Gasteiger partial charge on any atom is -0.497 e. The number of aromatic amines is 1. The summed E-state index contributed by atoms with van der Waals surface area (Å²) in [5.41, 5.74) is 0.703. The largest absolute Gasteiger partial charge is 0.497 e. The molecule has 114 valence electrons. The highest BCUT2D eigenvalue weighted by Gasteiger charge is 2.17. The predicted octanol–water partition coefficient (Wildman–Crippen LogP) is 3.03. The smallest absolute Gasteiger partial charge is 0.263 e. The molecule has 3 rings (SSSR count). The number of nitrogens with one attached hydrogen (secondary N) is 2. The van der Waals surface area contributed by atoms with Gasteiger partial charge < -0.3 is 4.74 Å². The Hall–Kier alpha value is -2.25. The molecule has 0 saturated heterocycles. The average Bonchev–Trinajstić information content (AvgIpc) is 2.89. The zero-order valence-corrected chi connectivity index (χ0v) is 13.1. The van der Waals surface area contributed by atoms with E-state index in [1.165, 1.54) is 24.3 Å². The molecule has 0 aliphatic heterocycles. The molecule has 6 nitrogen and oxygen atoms in total. The van der Waals surface area contributed by atoms with E-state index in [1.807, 2.05) is 0 Å². The van der Waals surface area contributed by atoms with E-state index in [9.17, 15) is 8.42 Å². The summed E-state index contributed by atoms with van der Waals surface area (Å²) >= 11 is 5.77. The van der Waals surface area contributed by atoms with Crippen molar-refractivity contribution in [2.45, 2.75) is 4.90 Å². The van der Waals surface area contributed by atoms with E-state index in [0.29, 0.717) is 21.7 Å². The maximum atomic E-state index is 12.4. The van der Waals surface area contributed by atoms with E-state index in [-0.39, 0.29) is 10.7 Å². The zero-order chi connectivity index (χ0) is 15.7. The van der Waals surface area contributed by atoms with Crippen LogP contribution in [0.15, 0.2) is 47.4 Å². The molecule has 0 unspecified atom stereocenters. The first-order valence-corrected chi connectivity index (χ1v) is 8.16. The zero-order valence-electron chi connectivity index (χ0n) is 11.5. The second kappa shape index (κ2) is 5.51. The minimum atomic E-state index is -3.74. The lowest BCUT2D eigenvalue weighted by Crippen LogP contribution is -2.13. The highest BCUT2D eigenvalue weighted by atomic mass is 35.5. The van der Waals surface area contributed by atoms with Crippen molar-refractivity contribution in [2.75, 3.05) is 11.8 Å². The molecular formula is C14H12ClN3O3S. The number of hydrogen-bond donors (Lipinski definition) is 2. The number of benzene rings is 2. The lowest BCUT2D eigenvalue weighted by molar-refractivity contribution is 0.415. The van der Waals surface area contributed by atoms with Crippen LogP contribution < -0.4 is 9.46 Å². The van der Waals surface area contributed by atoms with Crippen molar-refractivity contribution in [3.8, 4) is 5.75 Å². The van der Waals surface area contributed by atoms with Crippen LogP contribution in [-0.2, 0) is 10.0 Å². The molecule has 3 aromatic rings. The Morgan fingerprint density at radius 3 is 2.59 bits per heavy atom. The molecule has 0 bridgehead atoms. The molecule has 0 aliphatic carbocycles. The summed E-state index contributed by atoms with van der Waals surface area (Å²) in [5, 5.41) is 7.86. The van der Waals surface area contributed by atoms with E-state index in [1.54, 1.807) is 25.3 Å². The molecule has 0 spiro atoms. The summed E-state index contributed by atoms with van der Waals surface area (Å²) in [6, 6.07) is 11.1. The van der Waals surface area contributed by atoms with Gasteiger partial charge >= 0.3 is 0 Å². The number of anilines is 1. The monoisotopic (exact) mass is 337 g/mol. The van der Waals surface area contributed by atoms with Crippen molar-refractivity contribution < 1.29 is 13.2 Å². The van der Waals surface area contributed by atoms with Crippen LogP contribution in [0.25, 0.3) is 10.9 Å². The van der Waals surface area contributed by atoms with Crippen molar-refractivity contribution in [3.05, 3.63) is 47.5 Å². The van der Waals surface area contributed by atoms with Gasteiger partial charge in [0.25, 0.3) is 10.0 Å². The van der Waals surface area contributed by atoms with E-state index in [0.717, 1.165) is 0 Å². The Labute approximate surface area is 132 Å². The number of H-pyrrole nitrogens is 1. The molecular weight excluding hydrogens is 326 g/mol. The molecule has 0 saturated carbocycles. The van der Waals surface area contributed by atoms with Gasteiger partial charge in [-0.25, -0.2) is 8.42 Å². The van der Waals surface area contributed by atoms with Crippen LogP contribution >= 0.6 is 11.6 Å². The number of hydrogen-bond acceptors (Lipinski definition) is 4. The van der Waals surface area contributed by atoms with Crippen molar-refractivity contribution in [1.29, 1.82) is 0 Å². The molecule has 22 heavy (non-hydrogen) atoms. The number of ether oxygens (including phenoxy) is 1. The van der Waals surface area contributed by atoms with Crippen LogP contribution in [0.3, 0.4) is 0 Å².